The van der Waals surface area contributed by atoms with Gasteiger partial charge >= 0.3 is 15.8 Å². The molecule has 128 valence electrons. The molecule has 1 aliphatic rings. The van der Waals surface area contributed by atoms with Gasteiger partial charge in [-0.3, -0.25) is 13.9 Å². The minimum Gasteiger partial charge on any atom is -0.454 e. The molecule has 0 fully saturated rings. The Balaban J connectivity index is 2.10. The molecule has 2 aromatic rings. The number of fused-ring (bicyclic) bond motifs is 1. The molecule has 10 heteroatoms. The molecule has 24 heavy (non-hydrogen) atoms. The highest BCUT2D eigenvalue weighted by molar-refractivity contribution is 7.87. The number of rotatable bonds is 3. The molecule has 2 heterocycles. The third-order valence-electron chi connectivity index (χ3n) is 3.70. The fourth-order valence-corrected chi connectivity index (χ4v) is 3.59. The largest absolute Gasteiger partial charge is 0.454 e. The number of hydrogen-bond acceptors (Lipinski definition) is 7. The molecule has 0 saturated heterocycles. The van der Waals surface area contributed by atoms with E-state index in [2.05, 4.69) is 0 Å². The Morgan fingerprint density at radius 2 is 1.75 bits per heavy atom. The molecular weight excluding hydrogens is 340 g/mol. The fourth-order valence-electron chi connectivity index (χ4n) is 2.30. The molecule has 9 nitrogen and oxygen atoms in total. The van der Waals surface area contributed by atoms with Gasteiger partial charge in [0.25, 0.3) is 5.56 Å². The van der Waals surface area contributed by atoms with Crippen molar-refractivity contribution in [1.82, 2.24) is 9.13 Å². The zero-order valence-electron chi connectivity index (χ0n) is 13.1. The monoisotopic (exact) mass is 354 g/mol. The molecule has 3 rings (SSSR count). The second-order valence-electron chi connectivity index (χ2n) is 5.17. The van der Waals surface area contributed by atoms with Gasteiger partial charge in [-0.25, -0.2) is 4.79 Å². The smallest absolute Gasteiger partial charge is 0.346 e. The van der Waals surface area contributed by atoms with Crippen molar-refractivity contribution in [2.75, 3.05) is 6.79 Å². The fraction of sp³-hybridized carbons (Fsp3) is 0.286. The van der Waals surface area contributed by atoms with Crippen LogP contribution in [0.2, 0.25) is 0 Å². The number of hydrogen-bond donors (Lipinski definition) is 0. The summed E-state index contributed by atoms with van der Waals surface area (Å²) >= 11 is 0. The number of ether oxygens (including phenoxy) is 2. The summed E-state index contributed by atoms with van der Waals surface area (Å²) in [6, 6.07) is 4.23. The molecule has 0 spiro atoms. The van der Waals surface area contributed by atoms with E-state index in [1.807, 2.05) is 0 Å². The Morgan fingerprint density at radius 1 is 1.08 bits per heavy atom. The maximum atomic E-state index is 12.5. The summed E-state index contributed by atoms with van der Waals surface area (Å²) in [4.78, 5) is 23.5. The van der Waals surface area contributed by atoms with Crippen LogP contribution in [-0.2, 0) is 24.2 Å². The summed E-state index contributed by atoms with van der Waals surface area (Å²) in [5.74, 6) is 0.774. The van der Waals surface area contributed by atoms with Crippen LogP contribution in [0.1, 0.15) is 5.69 Å². The quantitative estimate of drug-likeness (QED) is 0.708. The maximum Gasteiger partial charge on any atom is 0.346 e. The highest BCUT2D eigenvalue weighted by atomic mass is 32.2. The van der Waals surface area contributed by atoms with Gasteiger partial charge in [-0.1, -0.05) is 0 Å². The van der Waals surface area contributed by atoms with Gasteiger partial charge in [0.15, 0.2) is 16.4 Å². The summed E-state index contributed by atoms with van der Waals surface area (Å²) in [6.45, 7) is 1.39. The van der Waals surface area contributed by atoms with Gasteiger partial charge in [0.05, 0.1) is 0 Å². The van der Waals surface area contributed by atoms with Crippen LogP contribution in [0.15, 0.2) is 32.7 Å². The van der Waals surface area contributed by atoms with Gasteiger partial charge in [-0.2, -0.15) is 8.42 Å². The summed E-state index contributed by atoms with van der Waals surface area (Å²) in [5.41, 5.74) is -1.58. The maximum absolute atomic E-state index is 12.5. The topological polar surface area (TPSA) is 106 Å². The van der Waals surface area contributed by atoms with Crippen LogP contribution in [-0.4, -0.2) is 24.3 Å². The van der Waals surface area contributed by atoms with Crippen LogP contribution < -0.4 is 24.9 Å². The summed E-state index contributed by atoms with van der Waals surface area (Å²) in [7, 11) is -1.87. The van der Waals surface area contributed by atoms with Crippen molar-refractivity contribution < 1.29 is 22.1 Å². The molecular formula is C14H14N2O7S. The van der Waals surface area contributed by atoms with E-state index in [4.69, 9.17) is 13.7 Å². The predicted molar refractivity (Wildman–Crippen MR) is 82.0 cm³/mol. The average Bonchev–Trinajstić information content (AvgIpc) is 2.98. The van der Waals surface area contributed by atoms with Crippen LogP contribution >= 0.6 is 0 Å². The molecule has 0 atom stereocenters. The van der Waals surface area contributed by atoms with Crippen molar-refractivity contribution in [2.24, 2.45) is 14.1 Å². The Bertz CT molecular complexity index is 1050. The van der Waals surface area contributed by atoms with Gasteiger partial charge in [0.2, 0.25) is 6.79 Å². The molecule has 0 N–H and O–H groups in total. The first kappa shape index (κ1) is 16.1. The first-order chi connectivity index (χ1) is 11.2. The van der Waals surface area contributed by atoms with E-state index in [-0.39, 0.29) is 18.2 Å². The third kappa shape index (κ3) is 2.44. The predicted octanol–water partition coefficient (Wildman–Crippen LogP) is -0.111. The minimum atomic E-state index is -4.44. The van der Waals surface area contributed by atoms with Crippen LogP contribution in [0.25, 0.3) is 0 Å². The van der Waals surface area contributed by atoms with E-state index in [0.29, 0.717) is 16.1 Å². The van der Waals surface area contributed by atoms with Crippen molar-refractivity contribution in [2.45, 2.75) is 11.8 Å². The summed E-state index contributed by atoms with van der Waals surface area (Å²) in [5, 5.41) is 0. The van der Waals surface area contributed by atoms with Crippen LogP contribution in [0.3, 0.4) is 0 Å². The summed E-state index contributed by atoms with van der Waals surface area (Å²) < 4.78 is 42.2. The second kappa shape index (κ2) is 5.41. The van der Waals surface area contributed by atoms with Crippen molar-refractivity contribution >= 4 is 10.1 Å². The normalized spacial score (nSPS) is 13.1. The summed E-state index contributed by atoms with van der Waals surface area (Å²) in [6.07, 6.45) is 0. The van der Waals surface area contributed by atoms with Crippen LogP contribution in [0.4, 0.5) is 0 Å². The Labute approximate surface area is 136 Å². The van der Waals surface area contributed by atoms with Gasteiger partial charge in [0, 0.05) is 25.9 Å². The number of benzene rings is 1. The standard InChI is InChI=1S/C14H14N2O7S/c1-8-12(13(17)16(3)14(18)15(8)2)24(19,20)23-9-4-5-10-11(6-9)22-7-21-10/h4-6H,7H2,1-3H3. The Morgan fingerprint density at radius 3 is 2.46 bits per heavy atom. The van der Waals surface area contributed by atoms with E-state index in [9.17, 15) is 18.0 Å². The lowest BCUT2D eigenvalue weighted by Crippen LogP contribution is -2.41. The lowest BCUT2D eigenvalue weighted by molar-refractivity contribution is 0.174. The Kier molecular flexibility index (Phi) is 3.63. The first-order valence-corrected chi connectivity index (χ1v) is 8.24. The molecule has 0 aliphatic carbocycles. The van der Waals surface area contributed by atoms with E-state index in [1.165, 1.54) is 39.2 Å². The van der Waals surface area contributed by atoms with Crippen molar-refractivity contribution in [3.63, 3.8) is 0 Å². The SMILES string of the molecule is Cc1c(S(=O)(=O)Oc2ccc3c(c2)OCO3)c(=O)n(C)c(=O)n1C. The van der Waals surface area contributed by atoms with E-state index >= 15 is 0 Å². The van der Waals surface area contributed by atoms with E-state index < -0.39 is 26.3 Å². The van der Waals surface area contributed by atoms with Crippen LogP contribution in [0, 0.1) is 6.92 Å². The number of aromatic nitrogens is 2. The molecule has 1 aromatic heterocycles. The lowest BCUT2D eigenvalue weighted by Gasteiger charge is -2.13. The molecule has 0 amide bonds. The van der Waals surface area contributed by atoms with Gasteiger partial charge in [-0.15, -0.1) is 0 Å². The van der Waals surface area contributed by atoms with Gasteiger partial charge < -0.3 is 13.7 Å². The van der Waals surface area contributed by atoms with Crippen molar-refractivity contribution in [3.05, 3.63) is 44.7 Å². The molecule has 1 aliphatic heterocycles. The number of nitrogens with zero attached hydrogens (tertiary/aromatic N) is 2. The van der Waals surface area contributed by atoms with Gasteiger partial charge in [0.1, 0.15) is 5.75 Å². The highest BCUT2D eigenvalue weighted by Gasteiger charge is 2.28. The lowest BCUT2D eigenvalue weighted by atomic mass is 10.3. The minimum absolute atomic E-state index is 0.0103. The van der Waals surface area contributed by atoms with Crippen molar-refractivity contribution in [1.29, 1.82) is 0 Å². The highest BCUT2D eigenvalue weighted by Crippen LogP contribution is 2.35. The molecule has 0 saturated carbocycles. The van der Waals surface area contributed by atoms with Gasteiger partial charge in [-0.05, 0) is 19.1 Å². The van der Waals surface area contributed by atoms with E-state index in [1.54, 1.807) is 0 Å². The molecule has 0 unspecified atom stereocenters. The second-order valence-corrected chi connectivity index (χ2v) is 6.66. The first-order valence-electron chi connectivity index (χ1n) is 6.83. The average molecular weight is 354 g/mol. The Hall–Kier alpha value is -2.75. The zero-order valence-corrected chi connectivity index (χ0v) is 13.9. The zero-order chi connectivity index (χ0) is 17.6. The third-order valence-corrected chi connectivity index (χ3v) is 5.09. The van der Waals surface area contributed by atoms with Crippen LogP contribution in [0.5, 0.6) is 17.2 Å². The molecule has 0 bridgehead atoms. The van der Waals surface area contributed by atoms with E-state index in [0.717, 1.165) is 4.57 Å². The molecule has 0 radical (unpaired) electrons. The van der Waals surface area contributed by atoms with Crippen molar-refractivity contribution in [3.8, 4) is 17.2 Å². The molecule has 1 aromatic carbocycles.